The molecule has 0 aliphatic carbocycles. The molecule has 0 saturated carbocycles. The highest BCUT2D eigenvalue weighted by molar-refractivity contribution is 6.17. The number of fused-ring (bicyclic) bond motifs is 1. The van der Waals surface area contributed by atoms with Crippen molar-refractivity contribution in [1.82, 2.24) is 0 Å². The molecule has 0 unspecified atom stereocenters. The van der Waals surface area contributed by atoms with E-state index < -0.39 is 0 Å². The lowest BCUT2D eigenvalue weighted by atomic mass is 9.81. The lowest BCUT2D eigenvalue weighted by Gasteiger charge is -2.36. The maximum Gasteiger partial charge on any atom is 0.234 e. The van der Waals surface area contributed by atoms with Crippen molar-refractivity contribution in [3.05, 3.63) is 23.8 Å². The van der Waals surface area contributed by atoms with Crippen LogP contribution in [0.25, 0.3) is 0 Å². The van der Waals surface area contributed by atoms with E-state index in [2.05, 4.69) is 5.32 Å². The highest BCUT2D eigenvalue weighted by atomic mass is 16.2. The van der Waals surface area contributed by atoms with Crippen LogP contribution in [0, 0.1) is 5.41 Å². The van der Waals surface area contributed by atoms with Gasteiger partial charge in [-0.3, -0.25) is 14.5 Å². The molecular weight excluding hydrogens is 252 g/mol. The summed E-state index contributed by atoms with van der Waals surface area (Å²) in [6.45, 7) is 4.90. The minimum Gasteiger partial charge on any atom is -0.385 e. The van der Waals surface area contributed by atoms with Gasteiger partial charge in [0.05, 0.1) is 5.69 Å². The highest BCUT2D eigenvalue weighted by Crippen LogP contribution is 2.38. The first-order chi connectivity index (χ1) is 9.48. The topological polar surface area (TPSA) is 49.4 Å². The van der Waals surface area contributed by atoms with Gasteiger partial charge in [0.15, 0.2) is 0 Å². The Balaban J connectivity index is 2.01. The summed E-state index contributed by atoms with van der Waals surface area (Å²) in [5.41, 5.74) is 2.71. The number of nitrogens with one attached hydrogen (secondary N) is 1. The maximum absolute atomic E-state index is 12.4. The van der Waals surface area contributed by atoms with E-state index in [9.17, 15) is 9.59 Å². The zero-order valence-corrected chi connectivity index (χ0v) is 12.0. The van der Waals surface area contributed by atoms with Crippen LogP contribution in [0.5, 0.6) is 0 Å². The highest BCUT2D eigenvalue weighted by Gasteiger charge is 2.39. The molecule has 1 fully saturated rings. The van der Waals surface area contributed by atoms with Crippen LogP contribution in [0.3, 0.4) is 0 Å². The van der Waals surface area contributed by atoms with E-state index in [0.717, 1.165) is 36.3 Å². The molecule has 4 nitrogen and oxygen atoms in total. The van der Waals surface area contributed by atoms with Crippen molar-refractivity contribution in [1.29, 1.82) is 0 Å². The number of carbonyl (C=O) groups is 2. The number of hydrogen-bond acceptors (Lipinski definition) is 3. The van der Waals surface area contributed by atoms with Crippen LogP contribution in [0.15, 0.2) is 18.2 Å². The van der Waals surface area contributed by atoms with Gasteiger partial charge in [0.25, 0.3) is 0 Å². The minimum absolute atomic E-state index is 0.0785. The van der Waals surface area contributed by atoms with Gasteiger partial charge in [0, 0.05) is 25.1 Å². The summed E-state index contributed by atoms with van der Waals surface area (Å²) < 4.78 is 0. The minimum atomic E-state index is -0.224. The number of carbonyl (C=O) groups excluding carboxylic acids is 2. The lowest BCUT2D eigenvalue weighted by Crippen LogP contribution is -2.46. The summed E-state index contributed by atoms with van der Waals surface area (Å²) in [5, 5.41) is 3.34. The number of anilines is 2. The fourth-order valence-corrected chi connectivity index (χ4v) is 3.15. The number of amides is 2. The van der Waals surface area contributed by atoms with E-state index in [0.29, 0.717) is 12.8 Å². The number of benzene rings is 1. The number of piperidine rings is 1. The molecule has 1 saturated heterocycles. The number of imide groups is 1. The van der Waals surface area contributed by atoms with Crippen molar-refractivity contribution >= 4 is 23.2 Å². The van der Waals surface area contributed by atoms with Crippen molar-refractivity contribution in [3.8, 4) is 0 Å². The van der Waals surface area contributed by atoms with Crippen LogP contribution >= 0.6 is 0 Å². The molecule has 106 valence electrons. The summed E-state index contributed by atoms with van der Waals surface area (Å²) in [7, 11) is 0. The lowest BCUT2D eigenvalue weighted by molar-refractivity contribution is -0.132. The van der Waals surface area contributed by atoms with Gasteiger partial charge in [-0.1, -0.05) is 19.9 Å². The SMILES string of the molecule is CC1(C)CC(=O)N(c2cccc3c2CCCN3)C(=O)C1. The van der Waals surface area contributed by atoms with E-state index >= 15 is 0 Å². The van der Waals surface area contributed by atoms with E-state index in [1.54, 1.807) is 0 Å². The molecule has 0 atom stereocenters. The van der Waals surface area contributed by atoms with Gasteiger partial charge in [0.2, 0.25) is 11.8 Å². The molecule has 20 heavy (non-hydrogen) atoms. The van der Waals surface area contributed by atoms with Crippen LogP contribution in [-0.4, -0.2) is 18.4 Å². The molecule has 0 spiro atoms. The number of rotatable bonds is 1. The Morgan fingerprint density at radius 2 is 1.85 bits per heavy atom. The van der Waals surface area contributed by atoms with Crippen LogP contribution in [-0.2, 0) is 16.0 Å². The van der Waals surface area contributed by atoms with E-state index in [-0.39, 0.29) is 17.2 Å². The monoisotopic (exact) mass is 272 g/mol. The molecule has 1 N–H and O–H groups in total. The zero-order chi connectivity index (χ0) is 14.3. The molecule has 2 heterocycles. The van der Waals surface area contributed by atoms with Crippen molar-refractivity contribution in [2.45, 2.75) is 39.5 Å². The second kappa shape index (κ2) is 4.62. The Labute approximate surface area is 119 Å². The van der Waals surface area contributed by atoms with Crippen LogP contribution in [0.4, 0.5) is 11.4 Å². The van der Waals surface area contributed by atoms with Crippen LogP contribution in [0.1, 0.15) is 38.7 Å². The molecule has 2 aliphatic heterocycles. The zero-order valence-electron chi connectivity index (χ0n) is 12.0. The van der Waals surface area contributed by atoms with Gasteiger partial charge in [-0.15, -0.1) is 0 Å². The summed E-state index contributed by atoms with van der Waals surface area (Å²) in [4.78, 5) is 26.2. The third-order valence-electron chi connectivity index (χ3n) is 4.07. The number of nitrogens with zero attached hydrogens (tertiary/aromatic N) is 1. The first-order valence-corrected chi connectivity index (χ1v) is 7.19. The molecule has 0 aromatic heterocycles. The summed E-state index contributed by atoms with van der Waals surface area (Å²) >= 11 is 0. The average molecular weight is 272 g/mol. The molecule has 1 aromatic carbocycles. The summed E-state index contributed by atoms with van der Waals surface area (Å²) in [5.74, 6) is -0.157. The first kappa shape index (κ1) is 13.2. The van der Waals surface area contributed by atoms with Gasteiger partial charge in [-0.05, 0) is 36.0 Å². The molecule has 2 aliphatic rings. The van der Waals surface area contributed by atoms with E-state index in [4.69, 9.17) is 0 Å². The molecule has 0 bridgehead atoms. The molecule has 3 rings (SSSR count). The van der Waals surface area contributed by atoms with Gasteiger partial charge in [-0.2, -0.15) is 0 Å². The Bertz CT molecular complexity index is 558. The Kier molecular flexibility index (Phi) is 3.04. The molecule has 1 aromatic rings. The normalized spacial score (nSPS) is 21.4. The van der Waals surface area contributed by atoms with Crippen molar-refractivity contribution in [2.24, 2.45) is 5.41 Å². The van der Waals surface area contributed by atoms with E-state index in [1.165, 1.54) is 4.90 Å². The van der Waals surface area contributed by atoms with Gasteiger partial charge >= 0.3 is 0 Å². The smallest absolute Gasteiger partial charge is 0.234 e. The first-order valence-electron chi connectivity index (χ1n) is 7.19. The third kappa shape index (κ3) is 2.19. The summed E-state index contributed by atoms with van der Waals surface area (Å²) in [6, 6.07) is 5.81. The predicted molar refractivity (Wildman–Crippen MR) is 78.8 cm³/mol. The maximum atomic E-state index is 12.4. The second-order valence-corrected chi connectivity index (χ2v) is 6.47. The van der Waals surface area contributed by atoms with Crippen LogP contribution < -0.4 is 10.2 Å². The Morgan fingerprint density at radius 3 is 2.55 bits per heavy atom. The average Bonchev–Trinajstić information content (AvgIpc) is 2.36. The Hall–Kier alpha value is -1.84. The van der Waals surface area contributed by atoms with Gasteiger partial charge in [0.1, 0.15) is 0 Å². The molecule has 0 radical (unpaired) electrons. The standard InChI is InChI=1S/C16H20N2O2/c1-16(2)9-14(19)18(15(20)10-16)13-7-3-6-12-11(13)5-4-8-17-12/h3,6-7,17H,4-5,8-10H2,1-2H3. The second-order valence-electron chi connectivity index (χ2n) is 6.47. The number of hydrogen-bond donors (Lipinski definition) is 1. The van der Waals surface area contributed by atoms with Gasteiger partial charge < -0.3 is 5.32 Å². The van der Waals surface area contributed by atoms with Crippen molar-refractivity contribution in [2.75, 3.05) is 16.8 Å². The molecule has 2 amide bonds. The fourth-order valence-electron chi connectivity index (χ4n) is 3.15. The van der Waals surface area contributed by atoms with Crippen LogP contribution in [0.2, 0.25) is 0 Å². The molecule has 4 heteroatoms. The third-order valence-corrected chi connectivity index (χ3v) is 4.07. The van der Waals surface area contributed by atoms with Gasteiger partial charge in [-0.25, -0.2) is 0 Å². The van der Waals surface area contributed by atoms with Crippen molar-refractivity contribution in [3.63, 3.8) is 0 Å². The Morgan fingerprint density at radius 1 is 1.15 bits per heavy atom. The van der Waals surface area contributed by atoms with E-state index in [1.807, 2.05) is 32.0 Å². The molecular formula is C16H20N2O2. The predicted octanol–water partition coefficient (Wildman–Crippen LogP) is 2.72. The quantitative estimate of drug-likeness (QED) is 0.800. The van der Waals surface area contributed by atoms with Crippen molar-refractivity contribution < 1.29 is 9.59 Å². The largest absolute Gasteiger partial charge is 0.385 e. The fraction of sp³-hybridized carbons (Fsp3) is 0.500. The summed E-state index contributed by atoms with van der Waals surface area (Å²) in [6.07, 6.45) is 2.80.